The SMILES string of the molecule is COCCOc1ccc(-n2nc(C)c(C(=O)NCCN3CCNCC3)n2)cc1. The number of carbonyl (C=O) groups excluding carboxylic acids is 1. The highest BCUT2D eigenvalue weighted by atomic mass is 16.5. The van der Waals surface area contributed by atoms with Gasteiger partial charge in [0.2, 0.25) is 0 Å². The van der Waals surface area contributed by atoms with Gasteiger partial charge < -0.3 is 20.1 Å². The van der Waals surface area contributed by atoms with Gasteiger partial charge in [-0.05, 0) is 31.2 Å². The van der Waals surface area contributed by atoms with E-state index in [1.54, 1.807) is 14.0 Å². The molecule has 2 heterocycles. The maximum Gasteiger partial charge on any atom is 0.273 e. The Morgan fingerprint density at radius 1 is 1.18 bits per heavy atom. The summed E-state index contributed by atoms with van der Waals surface area (Å²) in [4.78, 5) is 16.3. The van der Waals surface area contributed by atoms with Crippen molar-refractivity contribution >= 4 is 5.91 Å². The van der Waals surface area contributed by atoms with Crippen LogP contribution >= 0.6 is 0 Å². The van der Waals surface area contributed by atoms with E-state index in [1.165, 1.54) is 4.80 Å². The summed E-state index contributed by atoms with van der Waals surface area (Å²) in [7, 11) is 1.64. The number of methoxy groups -OCH3 is 1. The predicted octanol–water partition coefficient (Wildman–Crippen LogP) is 0.236. The van der Waals surface area contributed by atoms with E-state index >= 15 is 0 Å². The molecule has 2 aromatic rings. The second-order valence-electron chi connectivity index (χ2n) is 6.61. The molecule has 1 aromatic heterocycles. The lowest BCUT2D eigenvalue weighted by atomic mass is 10.3. The van der Waals surface area contributed by atoms with Crippen molar-refractivity contribution in [3.63, 3.8) is 0 Å². The number of nitrogens with one attached hydrogen (secondary N) is 2. The molecule has 1 amide bonds. The Hall–Kier alpha value is -2.49. The first kappa shape index (κ1) is 20.2. The van der Waals surface area contributed by atoms with Crippen LogP contribution in [0.5, 0.6) is 5.75 Å². The van der Waals surface area contributed by atoms with Crippen LogP contribution in [0.25, 0.3) is 5.69 Å². The van der Waals surface area contributed by atoms with E-state index in [4.69, 9.17) is 9.47 Å². The largest absolute Gasteiger partial charge is 0.491 e. The molecule has 3 rings (SSSR count). The summed E-state index contributed by atoms with van der Waals surface area (Å²) < 4.78 is 10.5. The van der Waals surface area contributed by atoms with Crippen molar-refractivity contribution in [1.29, 1.82) is 0 Å². The molecule has 0 unspecified atom stereocenters. The lowest BCUT2D eigenvalue weighted by Crippen LogP contribution is -2.46. The van der Waals surface area contributed by atoms with Crippen LogP contribution in [-0.2, 0) is 4.74 Å². The average molecular weight is 388 g/mol. The third-order valence-corrected chi connectivity index (χ3v) is 4.54. The Morgan fingerprint density at radius 3 is 2.64 bits per heavy atom. The molecule has 0 aliphatic carbocycles. The highest BCUT2D eigenvalue weighted by Crippen LogP contribution is 2.15. The van der Waals surface area contributed by atoms with Gasteiger partial charge in [-0.2, -0.15) is 9.90 Å². The first-order valence-corrected chi connectivity index (χ1v) is 9.55. The Kier molecular flexibility index (Phi) is 7.35. The molecule has 9 nitrogen and oxygen atoms in total. The van der Waals surface area contributed by atoms with Gasteiger partial charge in [0.1, 0.15) is 12.4 Å². The molecule has 152 valence electrons. The zero-order valence-electron chi connectivity index (χ0n) is 16.5. The summed E-state index contributed by atoms with van der Waals surface area (Å²) >= 11 is 0. The second kappa shape index (κ2) is 10.2. The van der Waals surface area contributed by atoms with E-state index in [9.17, 15) is 4.79 Å². The fourth-order valence-corrected chi connectivity index (χ4v) is 2.97. The number of carbonyl (C=O) groups is 1. The van der Waals surface area contributed by atoms with Crippen molar-refractivity contribution in [1.82, 2.24) is 30.5 Å². The van der Waals surface area contributed by atoms with Crippen LogP contribution in [0.4, 0.5) is 0 Å². The number of aromatic nitrogens is 3. The van der Waals surface area contributed by atoms with Crippen LogP contribution in [0, 0.1) is 6.92 Å². The maximum atomic E-state index is 12.5. The van der Waals surface area contributed by atoms with Crippen LogP contribution in [0.2, 0.25) is 0 Å². The van der Waals surface area contributed by atoms with Crippen LogP contribution < -0.4 is 15.4 Å². The Labute approximate surface area is 165 Å². The fourth-order valence-electron chi connectivity index (χ4n) is 2.97. The van der Waals surface area contributed by atoms with E-state index in [0.717, 1.165) is 44.2 Å². The minimum absolute atomic E-state index is 0.196. The fraction of sp³-hybridized carbons (Fsp3) is 0.526. The van der Waals surface area contributed by atoms with E-state index in [1.807, 2.05) is 24.3 Å². The zero-order valence-corrected chi connectivity index (χ0v) is 16.5. The zero-order chi connectivity index (χ0) is 19.8. The number of ether oxygens (including phenoxy) is 2. The number of nitrogens with zero attached hydrogens (tertiary/aromatic N) is 4. The number of hydrogen-bond acceptors (Lipinski definition) is 7. The number of amides is 1. The molecule has 1 fully saturated rings. The van der Waals surface area contributed by atoms with E-state index in [-0.39, 0.29) is 5.91 Å². The average Bonchev–Trinajstić information content (AvgIpc) is 3.11. The molecular weight excluding hydrogens is 360 g/mol. The number of hydrogen-bond donors (Lipinski definition) is 2. The highest BCUT2D eigenvalue weighted by molar-refractivity contribution is 5.93. The quantitative estimate of drug-likeness (QED) is 0.594. The summed E-state index contributed by atoms with van der Waals surface area (Å²) in [6.07, 6.45) is 0. The smallest absolute Gasteiger partial charge is 0.273 e. The molecule has 0 bridgehead atoms. The van der Waals surface area contributed by atoms with E-state index < -0.39 is 0 Å². The van der Waals surface area contributed by atoms with Crippen molar-refractivity contribution in [2.75, 3.05) is 59.6 Å². The monoisotopic (exact) mass is 388 g/mol. The third-order valence-electron chi connectivity index (χ3n) is 4.54. The maximum absolute atomic E-state index is 12.5. The summed E-state index contributed by atoms with van der Waals surface area (Å²) in [5, 5.41) is 15.0. The lowest BCUT2D eigenvalue weighted by Gasteiger charge is -2.26. The van der Waals surface area contributed by atoms with Crippen molar-refractivity contribution < 1.29 is 14.3 Å². The molecule has 1 aromatic carbocycles. The van der Waals surface area contributed by atoms with Crippen molar-refractivity contribution in [2.45, 2.75) is 6.92 Å². The van der Waals surface area contributed by atoms with Gasteiger partial charge >= 0.3 is 0 Å². The van der Waals surface area contributed by atoms with E-state index in [2.05, 4.69) is 25.7 Å². The van der Waals surface area contributed by atoms with Crippen molar-refractivity contribution in [2.24, 2.45) is 0 Å². The van der Waals surface area contributed by atoms with E-state index in [0.29, 0.717) is 31.1 Å². The van der Waals surface area contributed by atoms with Gasteiger partial charge in [0, 0.05) is 46.4 Å². The first-order valence-electron chi connectivity index (χ1n) is 9.55. The summed E-state index contributed by atoms with van der Waals surface area (Å²) in [6, 6.07) is 7.40. The molecule has 1 aliphatic rings. The Morgan fingerprint density at radius 2 is 1.93 bits per heavy atom. The molecule has 1 aliphatic heterocycles. The van der Waals surface area contributed by atoms with Crippen molar-refractivity contribution in [3.05, 3.63) is 35.7 Å². The molecule has 2 N–H and O–H groups in total. The molecule has 0 atom stereocenters. The molecule has 0 saturated carbocycles. The highest BCUT2D eigenvalue weighted by Gasteiger charge is 2.17. The van der Waals surface area contributed by atoms with Gasteiger partial charge in [0.25, 0.3) is 5.91 Å². The number of piperazine rings is 1. The molecule has 0 radical (unpaired) electrons. The molecular formula is C19H28N6O3. The van der Waals surface area contributed by atoms with Gasteiger partial charge in [-0.3, -0.25) is 9.69 Å². The molecule has 0 spiro atoms. The predicted molar refractivity (Wildman–Crippen MR) is 105 cm³/mol. The van der Waals surface area contributed by atoms with Gasteiger partial charge in [0.15, 0.2) is 5.69 Å². The second-order valence-corrected chi connectivity index (χ2v) is 6.61. The summed E-state index contributed by atoms with van der Waals surface area (Å²) in [5.74, 6) is 0.550. The van der Waals surface area contributed by atoms with Crippen molar-refractivity contribution in [3.8, 4) is 11.4 Å². The van der Waals surface area contributed by atoms with Gasteiger partial charge in [-0.1, -0.05) is 0 Å². The minimum atomic E-state index is -0.196. The van der Waals surface area contributed by atoms with Crippen LogP contribution in [0.3, 0.4) is 0 Å². The van der Waals surface area contributed by atoms with Gasteiger partial charge in [-0.25, -0.2) is 0 Å². The molecule has 9 heteroatoms. The van der Waals surface area contributed by atoms with Gasteiger partial charge in [-0.15, -0.1) is 5.10 Å². The molecule has 1 saturated heterocycles. The topological polar surface area (TPSA) is 93.5 Å². The summed E-state index contributed by atoms with van der Waals surface area (Å²) in [5.41, 5.74) is 1.71. The number of rotatable bonds is 9. The van der Waals surface area contributed by atoms with Crippen LogP contribution in [0.1, 0.15) is 16.2 Å². The first-order chi connectivity index (χ1) is 13.7. The van der Waals surface area contributed by atoms with Crippen LogP contribution in [0.15, 0.2) is 24.3 Å². The third kappa shape index (κ3) is 5.51. The number of aryl methyl sites for hydroxylation is 1. The standard InChI is InChI=1S/C19H28N6O3/c1-15-18(19(26)21-9-12-24-10-7-20-8-11-24)23-25(22-15)16-3-5-17(6-4-16)28-14-13-27-2/h3-6,20H,7-14H2,1-2H3,(H,21,26). The normalized spacial score (nSPS) is 14.8. The Bertz CT molecular complexity index is 756. The van der Waals surface area contributed by atoms with Crippen LogP contribution in [-0.4, -0.2) is 85.4 Å². The lowest BCUT2D eigenvalue weighted by molar-refractivity contribution is 0.0941. The van der Waals surface area contributed by atoms with Gasteiger partial charge in [0.05, 0.1) is 18.0 Å². The minimum Gasteiger partial charge on any atom is -0.491 e. The summed E-state index contributed by atoms with van der Waals surface area (Å²) in [6.45, 7) is 8.27. The Balaban J connectivity index is 1.55. The molecule has 28 heavy (non-hydrogen) atoms. The number of benzene rings is 1.